The van der Waals surface area contributed by atoms with E-state index in [1.54, 1.807) is 13.0 Å². The number of hydrogen-bond acceptors (Lipinski definition) is 2. The number of halogens is 1. The molecule has 0 saturated heterocycles. The highest BCUT2D eigenvalue weighted by atomic mass is 79.9. The number of rotatable bonds is 0. The van der Waals surface area contributed by atoms with Crippen LogP contribution in [-0.4, -0.2) is 10.1 Å². The van der Waals surface area contributed by atoms with Gasteiger partial charge >= 0.3 is 0 Å². The van der Waals surface area contributed by atoms with Crippen LogP contribution in [0.5, 0.6) is 5.75 Å². The number of benzene rings is 1. The molecule has 2 nitrogen and oxygen atoms in total. The van der Waals surface area contributed by atoms with Crippen LogP contribution >= 0.6 is 15.9 Å². The molecule has 2 aromatic rings. The van der Waals surface area contributed by atoms with Crippen molar-refractivity contribution in [1.82, 2.24) is 4.98 Å². The second-order valence-corrected chi connectivity index (χ2v) is 4.26. The van der Waals surface area contributed by atoms with E-state index in [2.05, 4.69) is 20.9 Å². The van der Waals surface area contributed by atoms with E-state index in [1.807, 2.05) is 19.1 Å². The van der Waals surface area contributed by atoms with Crippen LogP contribution < -0.4 is 0 Å². The van der Waals surface area contributed by atoms with Crippen LogP contribution in [-0.2, 0) is 0 Å². The zero-order chi connectivity index (χ0) is 10.3. The molecule has 0 radical (unpaired) electrons. The molecular weight excluding hydrogens is 242 g/mol. The van der Waals surface area contributed by atoms with Gasteiger partial charge in [0.1, 0.15) is 5.75 Å². The fourth-order valence-electron chi connectivity index (χ4n) is 1.45. The van der Waals surface area contributed by atoms with Crippen molar-refractivity contribution in [3.05, 3.63) is 33.9 Å². The van der Waals surface area contributed by atoms with E-state index in [4.69, 9.17) is 0 Å². The van der Waals surface area contributed by atoms with Crippen molar-refractivity contribution in [3.63, 3.8) is 0 Å². The van der Waals surface area contributed by atoms with Crippen molar-refractivity contribution < 1.29 is 5.11 Å². The smallest absolute Gasteiger partial charge is 0.137 e. The number of aromatic nitrogens is 1. The Morgan fingerprint density at radius 3 is 2.64 bits per heavy atom. The standard InChI is InChI=1S/C11H10BrNO/c1-6-3-9(12)8-5-11(14)7(2)13-10(8)4-6/h3-5,14H,1-2H3. The van der Waals surface area contributed by atoms with Gasteiger partial charge in [-0.3, -0.25) is 0 Å². The van der Waals surface area contributed by atoms with Crippen molar-refractivity contribution in [2.75, 3.05) is 0 Å². The summed E-state index contributed by atoms with van der Waals surface area (Å²) in [5.41, 5.74) is 2.73. The highest BCUT2D eigenvalue weighted by molar-refractivity contribution is 9.10. The fraction of sp³-hybridized carbons (Fsp3) is 0.182. The quantitative estimate of drug-likeness (QED) is 0.780. The molecule has 3 heteroatoms. The minimum absolute atomic E-state index is 0.238. The van der Waals surface area contributed by atoms with E-state index in [9.17, 15) is 5.11 Å². The Bertz CT molecular complexity index is 508. The first-order chi connectivity index (χ1) is 6.58. The van der Waals surface area contributed by atoms with E-state index in [1.165, 1.54) is 0 Å². The summed E-state index contributed by atoms with van der Waals surface area (Å²) >= 11 is 3.46. The van der Waals surface area contributed by atoms with Gasteiger partial charge in [0.25, 0.3) is 0 Å². The van der Waals surface area contributed by atoms with Gasteiger partial charge in [0.15, 0.2) is 0 Å². The number of hydrogen-bond donors (Lipinski definition) is 1. The maximum Gasteiger partial charge on any atom is 0.137 e. The van der Waals surface area contributed by atoms with E-state index >= 15 is 0 Å². The average Bonchev–Trinajstić information content (AvgIpc) is 2.08. The second kappa shape index (κ2) is 3.24. The van der Waals surface area contributed by atoms with Crippen LogP contribution in [0.4, 0.5) is 0 Å². The second-order valence-electron chi connectivity index (χ2n) is 3.41. The van der Waals surface area contributed by atoms with Gasteiger partial charge in [0.05, 0.1) is 11.2 Å². The molecule has 1 N–H and O–H groups in total. The molecule has 0 aliphatic rings. The number of aryl methyl sites for hydroxylation is 2. The van der Waals surface area contributed by atoms with E-state index < -0.39 is 0 Å². The molecule has 0 aliphatic carbocycles. The molecule has 72 valence electrons. The summed E-state index contributed by atoms with van der Waals surface area (Å²) in [4.78, 5) is 4.32. The molecule has 0 atom stereocenters. The molecule has 14 heavy (non-hydrogen) atoms. The van der Waals surface area contributed by atoms with Crippen LogP contribution in [0.15, 0.2) is 22.7 Å². The number of aromatic hydroxyl groups is 1. The van der Waals surface area contributed by atoms with Crippen molar-refractivity contribution in [3.8, 4) is 5.75 Å². The lowest BCUT2D eigenvalue weighted by atomic mass is 10.1. The normalized spacial score (nSPS) is 10.8. The first-order valence-electron chi connectivity index (χ1n) is 4.34. The van der Waals surface area contributed by atoms with Crippen molar-refractivity contribution in [2.45, 2.75) is 13.8 Å². The predicted octanol–water partition coefficient (Wildman–Crippen LogP) is 3.32. The summed E-state index contributed by atoms with van der Waals surface area (Å²) in [6, 6.07) is 5.76. The third-order valence-corrected chi connectivity index (χ3v) is 2.85. The van der Waals surface area contributed by atoms with Crippen LogP contribution in [0.1, 0.15) is 11.3 Å². The molecule has 0 aliphatic heterocycles. The first kappa shape index (κ1) is 9.46. The van der Waals surface area contributed by atoms with E-state index in [0.29, 0.717) is 5.69 Å². The maximum absolute atomic E-state index is 9.53. The van der Waals surface area contributed by atoms with Gasteiger partial charge in [-0.15, -0.1) is 0 Å². The van der Waals surface area contributed by atoms with Gasteiger partial charge in [-0.1, -0.05) is 15.9 Å². The Morgan fingerprint density at radius 1 is 1.21 bits per heavy atom. The molecule has 0 unspecified atom stereocenters. The average molecular weight is 252 g/mol. The zero-order valence-corrected chi connectivity index (χ0v) is 9.59. The predicted molar refractivity (Wildman–Crippen MR) is 60.6 cm³/mol. The number of pyridine rings is 1. The molecular formula is C11H10BrNO. The molecule has 1 aromatic heterocycles. The SMILES string of the molecule is Cc1cc(Br)c2cc(O)c(C)nc2c1. The van der Waals surface area contributed by atoms with E-state index in [0.717, 1.165) is 20.9 Å². The van der Waals surface area contributed by atoms with Gasteiger partial charge in [-0.05, 0) is 37.6 Å². The lowest BCUT2D eigenvalue weighted by Crippen LogP contribution is -1.86. The Labute approximate surface area is 90.7 Å². The van der Waals surface area contributed by atoms with Gasteiger partial charge in [-0.25, -0.2) is 4.98 Å². The summed E-state index contributed by atoms with van der Waals surface area (Å²) in [7, 11) is 0. The lowest BCUT2D eigenvalue weighted by molar-refractivity contribution is 0.469. The summed E-state index contributed by atoms with van der Waals surface area (Å²) < 4.78 is 0.968. The first-order valence-corrected chi connectivity index (χ1v) is 5.13. The van der Waals surface area contributed by atoms with Crippen LogP contribution in [0.2, 0.25) is 0 Å². The lowest BCUT2D eigenvalue weighted by Gasteiger charge is -2.05. The minimum Gasteiger partial charge on any atom is -0.506 e. The Kier molecular flexibility index (Phi) is 2.19. The summed E-state index contributed by atoms with van der Waals surface area (Å²) in [6.45, 7) is 3.82. The summed E-state index contributed by atoms with van der Waals surface area (Å²) in [5.74, 6) is 0.238. The summed E-state index contributed by atoms with van der Waals surface area (Å²) in [6.07, 6.45) is 0. The molecule has 0 fully saturated rings. The van der Waals surface area contributed by atoms with Gasteiger partial charge in [0.2, 0.25) is 0 Å². The van der Waals surface area contributed by atoms with Gasteiger partial charge < -0.3 is 5.11 Å². The third-order valence-electron chi connectivity index (χ3n) is 2.19. The van der Waals surface area contributed by atoms with Crippen molar-refractivity contribution in [2.24, 2.45) is 0 Å². The number of nitrogens with zero attached hydrogens (tertiary/aromatic N) is 1. The molecule has 0 amide bonds. The van der Waals surface area contributed by atoms with Crippen LogP contribution in [0.3, 0.4) is 0 Å². The highest BCUT2D eigenvalue weighted by Gasteiger charge is 2.05. The van der Waals surface area contributed by atoms with Crippen molar-refractivity contribution in [1.29, 1.82) is 0 Å². The molecule has 0 spiro atoms. The molecule has 0 bridgehead atoms. The molecule has 2 rings (SSSR count). The molecule has 1 aromatic carbocycles. The number of fused-ring (bicyclic) bond motifs is 1. The highest BCUT2D eigenvalue weighted by Crippen LogP contribution is 2.28. The topological polar surface area (TPSA) is 33.1 Å². The molecule has 0 saturated carbocycles. The van der Waals surface area contributed by atoms with Gasteiger partial charge in [0, 0.05) is 9.86 Å². The maximum atomic E-state index is 9.53. The fourth-order valence-corrected chi connectivity index (χ4v) is 2.13. The largest absolute Gasteiger partial charge is 0.506 e. The van der Waals surface area contributed by atoms with Crippen molar-refractivity contribution >= 4 is 26.8 Å². The van der Waals surface area contributed by atoms with Crippen LogP contribution in [0, 0.1) is 13.8 Å². The van der Waals surface area contributed by atoms with Gasteiger partial charge in [-0.2, -0.15) is 0 Å². The Hall–Kier alpha value is -1.09. The monoisotopic (exact) mass is 251 g/mol. The minimum atomic E-state index is 0.238. The van der Waals surface area contributed by atoms with Crippen LogP contribution in [0.25, 0.3) is 10.9 Å². The van der Waals surface area contributed by atoms with E-state index in [-0.39, 0.29) is 5.75 Å². The molecule has 1 heterocycles. The zero-order valence-electron chi connectivity index (χ0n) is 8.00. The Balaban J connectivity index is 2.89. The summed E-state index contributed by atoms with van der Waals surface area (Å²) in [5, 5.41) is 10.5. The Morgan fingerprint density at radius 2 is 1.93 bits per heavy atom. The third kappa shape index (κ3) is 1.48.